The molecule has 0 bridgehead atoms. The van der Waals surface area contributed by atoms with Gasteiger partial charge in [-0.25, -0.2) is 0 Å². The third-order valence-corrected chi connectivity index (χ3v) is 4.74. The first-order valence-electron chi connectivity index (χ1n) is 6.78. The number of oxime groups is 1. The number of hydrogen-bond donors (Lipinski definition) is 2. The normalized spacial score (nSPS) is 31.9. The first-order valence-corrected chi connectivity index (χ1v) is 6.78. The van der Waals surface area contributed by atoms with Crippen molar-refractivity contribution in [1.82, 2.24) is 4.90 Å². The quantitative estimate of drug-likeness (QED) is 0.338. The second-order valence-electron chi connectivity index (χ2n) is 5.94. The van der Waals surface area contributed by atoms with Crippen molar-refractivity contribution in [2.75, 3.05) is 13.1 Å². The lowest BCUT2D eigenvalue weighted by atomic mass is 9.83. The van der Waals surface area contributed by atoms with Gasteiger partial charge in [0.05, 0.1) is 0 Å². The Morgan fingerprint density at radius 2 is 1.78 bits per heavy atom. The third-order valence-electron chi connectivity index (χ3n) is 4.74. The Hall–Kier alpha value is -1.26. The zero-order chi connectivity index (χ0) is 13.3. The van der Waals surface area contributed by atoms with Crippen LogP contribution in [0.25, 0.3) is 0 Å². The predicted molar refractivity (Wildman–Crippen MR) is 69.2 cm³/mol. The summed E-state index contributed by atoms with van der Waals surface area (Å²) in [5, 5.41) is 12.1. The highest BCUT2D eigenvalue weighted by Crippen LogP contribution is 2.41. The van der Waals surface area contributed by atoms with E-state index in [0.29, 0.717) is 24.7 Å². The van der Waals surface area contributed by atoms with Crippen LogP contribution in [0.3, 0.4) is 0 Å². The molecule has 102 valence electrons. The van der Waals surface area contributed by atoms with Gasteiger partial charge in [-0.2, -0.15) is 0 Å². The van der Waals surface area contributed by atoms with Crippen LogP contribution in [0.5, 0.6) is 0 Å². The Balaban J connectivity index is 2.20. The van der Waals surface area contributed by atoms with E-state index in [1.165, 1.54) is 0 Å². The molecule has 1 saturated carbocycles. The van der Waals surface area contributed by atoms with Crippen molar-refractivity contribution >= 4 is 11.7 Å². The molecule has 18 heavy (non-hydrogen) atoms. The average Bonchev–Trinajstić information content (AvgIpc) is 2.96. The van der Waals surface area contributed by atoms with E-state index in [0.717, 1.165) is 25.9 Å². The number of carbonyl (C=O) groups excluding carboxylic acids is 1. The topological polar surface area (TPSA) is 78.9 Å². The van der Waals surface area contributed by atoms with E-state index in [-0.39, 0.29) is 11.7 Å². The summed E-state index contributed by atoms with van der Waals surface area (Å²) < 4.78 is 0. The number of amidine groups is 1. The Morgan fingerprint density at radius 3 is 2.22 bits per heavy atom. The van der Waals surface area contributed by atoms with E-state index >= 15 is 0 Å². The molecule has 1 amide bonds. The minimum absolute atomic E-state index is 0.0616. The molecule has 1 saturated heterocycles. The maximum Gasteiger partial charge on any atom is 0.236 e. The SMILES string of the molecule is CC1CN(C(=O)C2(C(N)=NO)CCCC2)CC1C. The van der Waals surface area contributed by atoms with E-state index in [1.54, 1.807) is 0 Å². The zero-order valence-corrected chi connectivity index (χ0v) is 11.2. The number of rotatable bonds is 2. The standard InChI is InChI=1S/C13H23N3O2/c1-9-7-16(8-10(9)2)12(17)13(11(14)15-18)5-3-4-6-13/h9-10,18H,3-8H2,1-2H3,(H2,14,15). The summed E-state index contributed by atoms with van der Waals surface area (Å²) in [7, 11) is 0. The number of likely N-dealkylation sites (tertiary alicyclic amines) is 1. The van der Waals surface area contributed by atoms with E-state index in [4.69, 9.17) is 10.9 Å². The molecule has 1 aliphatic carbocycles. The lowest BCUT2D eigenvalue weighted by Crippen LogP contribution is -2.49. The van der Waals surface area contributed by atoms with Crippen LogP contribution < -0.4 is 5.73 Å². The molecule has 1 aliphatic heterocycles. The van der Waals surface area contributed by atoms with Gasteiger partial charge >= 0.3 is 0 Å². The molecule has 2 aliphatic rings. The summed E-state index contributed by atoms with van der Waals surface area (Å²) in [6.45, 7) is 5.92. The van der Waals surface area contributed by atoms with Crippen molar-refractivity contribution in [3.8, 4) is 0 Å². The van der Waals surface area contributed by atoms with Crippen molar-refractivity contribution in [2.24, 2.45) is 28.1 Å². The number of nitrogens with zero attached hydrogens (tertiary/aromatic N) is 2. The predicted octanol–water partition coefficient (Wildman–Crippen LogP) is 1.41. The van der Waals surface area contributed by atoms with Crippen molar-refractivity contribution < 1.29 is 10.0 Å². The fourth-order valence-electron chi connectivity index (χ4n) is 3.25. The van der Waals surface area contributed by atoms with Gasteiger partial charge in [-0.05, 0) is 24.7 Å². The molecule has 2 fully saturated rings. The number of hydrogen-bond acceptors (Lipinski definition) is 3. The van der Waals surface area contributed by atoms with Crippen LogP contribution in [0.2, 0.25) is 0 Å². The molecule has 0 spiro atoms. The van der Waals surface area contributed by atoms with Crippen molar-refractivity contribution in [1.29, 1.82) is 0 Å². The van der Waals surface area contributed by atoms with Gasteiger partial charge in [0, 0.05) is 13.1 Å². The van der Waals surface area contributed by atoms with Crippen molar-refractivity contribution in [3.63, 3.8) is 0 Å². The molecule has 2 atom stereocenters. The molecule has 3 N–H and O–H groups in total. The summed E-state index contributed by atoms with van der Waals surface area (Å²) in [6.07, 6.45) is 3.36. The minimum atomic E-state index is -0.738. The lowest BCUT2D eigenvalue weighted by molar-refractivity contribution is -0.137. The van der Waals surface area contributed by atoms with Gasteiger partial charge in [0.15, 0.2) is 5.84 Å². The summed E-state index contributed by atoms with van der Waals surface area (Å²) in [5.74, 6) is 1.21. The van der Waals surface area contributed by atoms with Gasteiger partial charge in [-0.1, -0.05) is 31.8 Å². The molecule has 1 heterocycles. The smallest absolute Gasteiger partial charge is 0.236 e. The second-order valence-corrected chi connectivity index (χ2v) is 5.94. The van der Waals surface area contributed by atoms with Gasteiger partial charge in [0.2, 0.25) is 5.91 Å². The molecule has 5 nitrogen and oxygen atoms in total. The molecule has 0 aromatic carbocycles. The molecule has 0 aromatic heterocycles. The maximum absolute atomic E-state index is 12.7. The van der Waals surface area contributed by atoms with E-state index in [2.05, 4.69) is 19.0 Å². The van der Waals surface area contributed by atoms with Crippen LogP contribution in [-0.4, -0.2) is 34.9 Å². The minimum Gasteiger partial charge on any atom is -0.409 e. The van der Waals surface area contributed by atoms with Gasteiger partial charge in [0.1, 0.15) is 5.41 Å². The summed E-state index contributed by atoms with van der Waals surface area (Å²) in [4.78, 5) is 14.6. The van der Waals surface area contributed by atoms with Crippen molar-refractivity contribution in [2.45, 2.75) is 39.5 Å². The van der Waals surface area contributed by atoms with Crippen LogP contribution in [0.15, 0.2) is 5.16 Å². The van der Waals surface area contributed by atoms with Crippen LogP contribution in [0, 0.1) is 17.3 Å². The maximum atomic E-state index is 12.7. The molecule has 2 unspecified atom stereocenters. The molecule has 2 rings (SSSR count). The summed E-state index contributed by atoms with van der Waals surface area (Å²) in [6, 6.07) is 0. The zero-order valence-electron chi connectivity index (χ0n) is 11.2. The van der Waals surface area contributed by atoms with Crippen LogP contribution in [0.1, 0.15) is 39.5 Å². The summed E-state index contributed by atoms with van der Waals surface area (Å²) >= 11 is 0. The fourth-order valence-corrected chi connectivity index (χ4v) is 3.25. The monoisotopic (exact) mass is 253 g/mol. The lowest BCUT2D eigenvalue weighted by Gasteiger charge is -2.31. The molecule has 5 heteroatoms. The van der Waals surface area contributed by atoms with Gasteiger partial charge in [-0.3, -0.25) is 4.79 Å². The van der Waals surface area contributed by atoms with Gasteiger partial charge in [-0.15, -0.1) is 0 Å². The average molecular weight is 253 g/mol. The van der Waals surface area contributed by atoms with E-state index in [9.17, 15) is 4.79 Å². The second kappa shape index (κ2) is 4.78. The van der Waals surface area contributed by atoms with E-state index in [1.807, 2.05) is 4.90 Å². The molecular formula is C13H23N3O2. The Kier molecular flexibility index (Phi) is 3.50. The highest BCUT2D eigenvalue weighted by molar-refractivity contribution is 6.07. The largest absolute Gasteiger partial charge is 0.409 e. The van der Waals surface area contributed by atoms with Crippen LogP contribution in [-0.2, 0) is 4.79 Å². The summed E-state index contributed by atoms with van der Waals surface area (Å²) in [5.41, 5.74) is 5.07. The number of carbonyl (C=O) groups is 1. The van der Waals surface area contributed by atoms with Gasteiger partial charge < -0.3 is 15.8 Å². The number of nitrogens with two attached hydrogens (primary N) is 1. The Morgan fingerprint density at radius 1 is 1.28 bits per heavy atom. The molecule has 0 aromatic rings. The van der Waals surface area contributed by atoms with Gasteiger partial charge in [0.25, 0.3) is 0 Å². The fraction of sp³-hybridized carbons (Fsp3) is 0.846. The first kappa shape index (κ1) is 13.2. The highest BCUT2D eigenvalue weighted by atomic mass is 16.4. The molecular weight excluding hydrogens is 230 g/mol. The Labute approximate surface area is 108 Å². The van der Waals surface area contributed by atoms with Crippen LogP contribution >= 0.6 is 0 Å². The van der Waals surface area contributed by atoms with Crippen molar-refractivity contribution in [3.05, 3.63) is 0 Å². The third kappa shape index (κ3) is 1.95. The molecule has 0 radical (unpaired) electrons. The number of amides is 1. The Bertz CT molecular complexity index is 351. The first-order chi connectivity index (χ1) is 8.51. The van der Waals surface area contributed by atoms with E-state index < -0.39 is 5.41 Å². The highest BCUT2D eigenvalue weighted by Gasteiger charge is 2.49. The van der Waals surface area contributed by atoms with Crippen LogP contribution in [0.4, 0.5) is 0 Å².